The molecule has 15 heavy (non-hydrogen) atoms. The molecule has 2 N–H and O–H groups in total. The molecule has 0 unspecified atom stereocenters. The van der Waals surface area contributed by atoms with E-state index in [2.05, 4.69) is 15.9 Å². The highest BCUT2D eigenvalue weighted by molar-refractivity contribution is 9.10. The van der Waals surface area contributed by atoms with Crippen molar-refractivity contribution in [1.29, 1.82) is 0 Å². The van der Waals surface area contributed by atoms with Crippen LogP contribution in [0.4, 0.5) is 4.39 Å². The summed E-state index contributed by atoms with van der Waals surface area (Å²) < 4.78 is 14.7. The quantitative estimate of drug-likeness (QED) is 0.879. The number of hydrogen-bond acceptors (Lipinski definition) is 1. The summed E-state index contributed by atoms with van der Waals surface area (Å²) in [6, 6.07) is 2.04. The molecule has 1 saturated carbocycles. The zero-order valence-electron chi connectivity index (χ0n) is 9.03. The summed E-state index contributed by atoms with van der Waals surface area (Å²) in [6.07, 6.45) is 2.17. The van der Waals surface area contributed by atoms with Gasteiger partial charge in [-0.05, 0) is 49.4 Å². The molecule has 3 heteroatoms. The molecule has 0 saturated heterocycles. The normalized spacial score (nSPS) is 17.9. The summed E-state index contributed by atoms with van der Waals surface area (Å²) >= 11 is 3.40. The third kappa shape index (κ3) is 1.62. The van der Waals surface area contributed by atoms with E-state index in [-0.39, 0.29) is 11.2 Å². The van der Waals surface area contributed by atoms with E-state index in [0.717, 1.165) is 28.4 Å². The highest BCUT2D eigenvalue weighted by Crippen LogP contribution is 2.49. The van der Waals surface area contributed by atoms with Gasteiger partial charge in [0.05, 0.1) is 0 Å². The van der Waals surface area contributed by atoms with Gasteiger partial charge in [-0.1, -0.05) is 15.9 Å². The lowest BCUT2D eigenvalue weighted by Crippen LogP contribution is -2.21. The maximum atomic E-state index is 13.9. The number of rotatable bonds is 2. The maximum Gasteiger partial charge on any atom is 0.130 e. The van der Waals surface area contributed by atoms with Crippen molar-refractivity contribution < 1.29 is 4.39 Å². The summed E-state index contributed by atoms with van der Waals surface area (Å²) in [7, 11) is 0. The largest absolute Gasteiger partial charge is 0.330 e. The Labute approximate surface area is 98.0 Å². The summed E-state index contributed by atoms with van der Waals surface area (Å²) in [5, 5.41) is 0. The molecule has 1 aliphatic rings. The second kappa shape index (κ2) is 3.56. The second-order valence-electron chi connectivity index (χ2n) is 4.45. The van der Waals surface area contributed by atoms with Gasteiger partial charge in [0.1, 0.15) is 5.82 Å². The lowest BCUT2D eigenvalue weighted by atomic mass is 9.90. The third-order valence-electron chi connectivity index (χ3n) is 3.51. The smallest absolute Gasteiger partial charge is 0.130 e. The van der Waals surface area contributed by atoms with Crippen LogP contribution < -0.4 is 5.73 Å². The first-order chi connectivity index (χ1) is 7.02. The van der Waals surface area contributed by atoms with Gasteiger partial charge in [-0.3, -0.25) is 0 Å². The molecular weight excluding hydrogens is 257 g/mol. The van der Waals surface area contributed by atoms with Crippen LogP contribution in [-0.2, 0) is 5.41 Å². The molecule has 1 aliphatic carbocycles. The highest BCUT2D eigenvalue weighted by Gasteiger charge is 2.44. The molecule has 2 rings (SSSR count). The van der Waals surface area contributed by atoms with Crippen molar-refractivity contribution >= 4 is 15.9 Å². The van der Waals surface area contributed by atoms with Crippen LogP contribution in [0.2, 0.25) is 0 Å². The van der Waals surface area contributed by atoms with Crippen molar-refractivity contribution in [2.24, 2.45) is 5.73 Å². The van der Waals surface area contributed by atoms with Crippen molar-refractivity contribution in [1.82, 2.24) is 0 Å². The van der Waals surface area contributed by atoms with Crippen molar-refractivity contribution in [3.63, 3.8) is 0 Å². The standard InChI is InChI=1S/C12H15BrFN/c1-7-9(12(6-15)3-4-12)5-10(13)8(2)11(7)14/h5H,3-4,6,15H2,1-2H3. The minimum Gasteiger partial charge on any atom is -0.330 e. The van der Waals surface area contributed by atoms with Gasteiger partial charge >= 0.3 is 0 Å². The molecule has 1 aromatic carbocycles. The van der Waals surface area contributed by atoms with E-state index < -0.39 is 0 Å². The maximum absolute atomic E-state index is 13.9. The molecule has 0 aromatic heterocycles. The van der Waals surface area contributed by atoms with Crippen LogP contribution in [0.15, 0.2) is 10.5 Å². The molecule has 1 aromatic rings. The van der Waals surface area contributed by atoms with Gasteiger partial charge in [0, 0.05) is 16.4 Å². The van der Waals surface area contributed by atoms with Crippen molar-refractivity contribution in [2.75, 3.05) is 6.54 Å². The molecule has 0 amide bonds. The van der Waals surface area contributed by atoms with Crippen LogP contribution in [0.25, 0.3) is 0 Å². The fourth-order valence-corrected chi connectivity index (χ4v) is 2.54. The lowest BCUT2D eigenvalue weighted by Gasteiger charge is -2.18. The van der Waals surface area contributed by atoms with Crippen LogP contribution >= 0.6 is 15.9 Å². The molecule has 0 radical (unpaired) electrons. The summed E-state index contributed by atoms with van der Waals surface area (Å²) in [5.74, 6) is -0.0981. The van der Waals surface area contributed by atoms with E-state index in [9.17, 15) is 4.39 Å². The van der Waals surface area contributed by atoms with Crippen LogP contribution in [0.3, 0.4) is 0 Å². The van der Waals surface area contributed by atoms with Gasteiger partial charge < -0.3 is 5.73 Å². The Hall–Kier alpha value is -0.410. The first-order valence-corrected chi connectivity index (χ1v) is 5.97. The second-order valence-corrected chi connectivity index (χ2v) is 5.31. The van der Waals surface area contributed by atoms with Crippen molar-refractivity contribution in [2.45, 2.75) is 32.1 Å². The molecule has 0 heterocycles. The third-order valence-corrected chi connectivity index (χ3v) is 4.33. The van der Waals surface area contributed by atoms with E-state index in [1.165, 1.54) is 0 Å². The Kier molecular flexibility index (Phi) is 2.63. The van der Waals surface area contributed by atoms with Gasteiger partial charge in [-0.2, -0.15) is 0 Å². The average molecular weight is 272 g/mol. The topological polar surface area (TPSA) is 26.0 Å². The van der Waals surface area contributed by atoms with Crippen LogP contribution in [0, 0.1) is 19.7 Å². The van der Waals surface area contributed by atoms with Gasteiger partial charge in [-0.15, -0.1) is 0 Å². The average Bonchev–Trinajstić information content (AvgIpc) is 3.01. The Morgan fingerprint density at radius 3 is 2.47 bits per heavy atom. The predicted molar refractivity (Wildman–Crippen MR) is 63.5 cm³/mol. The molecule has 1 fully saturated rings. The monoisotopic (exact) mass is 271 g/mol. The van der Waals surface area contributed by atoms with Gasteiger partial charge in [0.2, 0.25) is 0 Å². The first kappa shape index (κ1) is 11.1. The SMILES string of the molecule is Cc1c(Br)cc(C2(CN)CC2)c(C)c1F. The summed E-state index contributed by atoms with van der Waals surface area (Å²) in [4.78, 5) is 0. The highest BCUT2D eigenvalue weighted by atomic mass is 79.9. The van der Waals surface area contributed by atoms with Crippen LogP contribution in [0.1, 0.15) is 29.5 Å². The lowest BCUT2D eigenvalue weighted by molar-refractivity contribution is 0.594. The first-order valence-electron chi connectivity index (χ1n) is 5.17. The van der Waals surface area contributed by atoms with Gasteiger partial charge in [0.15, 0.2) is 0 Å². The van der Waals surface area contributed by atoms with Crippen LogP contribution in [0.5, 0.6) is 0 Å². The minimum absolute atomic E-state index is 0.0567. The number of hydrogen-bond donors (Lipinski definition) is 1. The minimum atomic E-state index is -0.0981. The van der Waals surface area contributed by atoms with Crippen LogP contribution in [-0.4, -0.2) is 6.54 Å². The molecule has 0 bridgehead atoms. The molecule has 1 nitrogen and oxygen atoms in total. The number of nitrogens with two attached hydrogens (primary N) is 1. The predicted octanol–water partition coefficient (Wildman–Crippen LogP) is 3.20. The number of benzene rings is 1. The Bertz CT molecular complexity index is 411. The fraction of sp³-hybridized carbons (Fsp3) is 0.500. The van der Waals surface area contributed by atoms with Crippen molar-refractivity contribution in [3.05, 3.63) is 33.0 Å². The Morgan fingerprint density at radius 2 is 2.00 bits per heavy atom. The van der Waals surface area contributed by atoms with Crippen molar-refractivity contribution in [3.8, 4) is 0 Å². The molecular formula is C12H15BrFN. The summed E-state index contributed by atoms with van der Waals surface area (Å²) in [5.41, 5.74) is 8.36. The Balaban J connectivity index is 2.58. The molecule has 82 valence electrons. The Morgan fingerprint density at radius 1 is 1.40 bits per heavy atom. The van der Waals surface area contributed by atoms with E-state index in [1.807, 2.05) is 13.0 Å². The zero-order valence-corrected chi connectivity index (χ0v) is 10.6. The molecule has 0 atom stereocenters. The van der Waals surface area contributed by atoms with E-state index >= 15 is 0 Å². The molecule has 0 aliphatic heterocycles. The van der Waals surface area contributed by atoms with E-state index in [4.69, 9.17) is 5.73 Å². The van der Waals surface area contributed by atoms with E-state index in [0.29, 0.717) is 12.1 Å². The molecule has 0 spiro atoms. The fourth-order valence-electron chi connectivity index (χ4n) is 2.13. The number of halogens is 2. The van der Waals surface area contributed by atoms with E-state index in [1.54, 1.807) is 6.92 Å². The van der Waals surface area contributed by atoms with Gasteiger partial charge in [-0.25, -0.2) is 4.39 Å². The summed E-state index contributed by atoms with van der Waals surface area (Å²) in [6.45, 7) is 4.25. The van der Waals surface area contributed by atoms with Gasteiger partial charge in [0.25, 0.3) is 0 Å². The zero-order chi connectivity index (χ0) is 11.2.